The molecular weight excluding hydrogens is 394 g/mol. The summed E-state index contributed by atoms with van der Waals surface area (Å²) >= 11 is 0. The van der Waals surface area contributed by atoms with Gasteiger partial charge in [-0.1, -0.05) is 5.16 Å². The molecule has 1 atom stereocenters. The highest BCUT2D eigenvalue weighted by Crippen LogP contribution is 2.24. The number of hydrogen-bond acceptors (Lipinski definition) is 6. The zero-order chi connectivity index (χ0) is 21.2. The normalized spacial score (nSPS) is 17.4. The molecule has 0 aliphatic carbocycles. The molecule has 1 aromatic heterocycles. The average molecular weight is 420 g/mol. The van der Waals surface area contributed by atoms with Crippen LogP contribution >= 0.6 is 0 Å². The highest BCUT2D eigenvalue weighted by molar-refractivity contribution is 7.90. The third kappa shape index (κ3) is 5.03. The number of nitrogens with zero attached hydrogens (tertiary/aromatic N) is 2. The third-order valence-electron chi connectivity index (χ3n) is 4.81. The molecule has 3 rings (SSSR count). The molecule has 1 saturated heterocycles. The van der Waals surface area contributed by atoms with E-state index in [4.69, 9.17) is 4.52 Å². The summed E-state index contributed by atoms with van der Waals surface area (Å²) in [6.07, 6.45) is 2.64. The first-order valence-electron chi connectivity index (χ1n) is 9.52. The highest BCUT2D eigenvalue weighted by Gasteiger charge is 2.30. The maximum absolute atomic E-state index is 12.8. The molecule has 1 N–H and O–H groups in total. The first kappa shape index (κ1) is 21.0. The van der Waals surface area contributed by atoms with E-state index in [9.17, 15) is 18.0 Å². The van der Waals surface area contributed by atoms with Crippen molar-refractivity contribution in [3.8, 4) is 11.3 Å². The molecule has 0 saturated carbocycles. The Labute approximate surface area is 170 Å². The van der Waals surface area contributed by atoms with Crippen LogP contribution in [0.2, 0.25) is 0 Å². The number of hydrogen-bond donors (Lipinski definition) is 1. The van der Waals surface area contributed by atoms with E-state index < -0.39 is 9.84 Å². The van der Waals surface area contributed by atoms with E-state index in [-0.39, 0.29) is 34.4 Å². The SMILES string of the molecule is CC(C)NC(=O)C1CCCN(C(=O)c2cc(-c3ccc(S(C)(=O)=O)cc3)on2)C1. The lowest BCUT2D eigenvalue weighted by atomic mass is 9.96. The summed E-state index contributed by atoms with van der Waals surface area (Å²) in [6.45, 7) is 4.73. The van der Waals surface area contributed by atoms with Crippen molar-refractivity contribution in [3.05, 3.63) is 36.0 Å². The Kier molecular flexibility index (Phi) is 6.07. The van der Waals surface area contributed by atoms with E-state index in [1.54, 1.807) is 17.0 Å². The number of nitrogens with one attached hydrogen (secondary N) is 1. The molecule has 2 heterocycles. The summed E-state index contributed by atoms with van der Waals surface area (Å²) in [7, 11) is -3.28. The van der Waals surface area contributed by atoms with Crippen molar-refractivity contribution < 1.29 is 22.5 Å². The van der Waals surface area contributed by atoms with Gasteiger partial charge in [-0.2, -0.15) is 0 Å². The number of carbonyl (C=O) groups is 2. The van der Waals surface area contributed by atoms with Gasteiger partial charge in [-0.15, -0.1) is 0 Å². The van der Waals surface area contributed by atoms with Gasteiger partial charge in [-0.05, 0) is 51.0 Å². The van der Waals surface area contributed by atoms with Crippen LogP contribution in [-0.2, 0) is 14.6 Å². The zero-order valence-electron chi connectivity index (χ0n) is 16.7. The number of sulfone groups is 1. The molecule has 0 radical (unpaired) electrons. The second-order valence-electron chi connectivity index (χ2n) is 7.63. The highest BCUT2D eigenvalue weighted by atomic mass is 32.2. The summed E-state index contributed by atoms with van der Waals surface area (Å²) in [6, 6.07) is 7.78. The van der Waals surface area contributed by atoms with Crippen molar-refractivity contribution in [2.24, 2.45) is 5.92 Å². The molecule has 2 amide bonds. The standard InChI is InChI=1S/C20H25N3O5S/c1-13(2)21-19(24)15-5-4-10-23(12-15)20(25)17-11-18(28-22-17)14-6-8-16(9-7-14)29(3,26)27/h6-9,11,13,15H,4-5,10,12H2,1-3H3,(H,21,24). The molecular formula is C20H25N3O5S. The van der Waals surface area contributed by atoms with Crippen molar-refractivity contribution in [1.82, 2.24) is 15.4 Å². The number of rotatable bonds is 5. The molecule has 1 fully saturated rings. The summed E-state index contributed by atoms with van der Waals surface area (Å²) in [5, 5.41) is 6.77. The maximum atomic E-state index is 12.8. The fraction of sp³-hybridized carbons (Fsp3) is 0.450. The average Bonchev–Trinajstić information content (AvgIpc) is 3.16. The van der Waals surface area contributed by atoms with Gasteiger partial charge in [0.05, 0.1) is 10.8 Å². The van der Waals surface area contributed by atoms with Gasteiger partial charge in [0.15, 0.2) is 21.3 Å². The van der Waals surface area contributed by atoms with Crippen LogP contribution < -0.4 is 5.32 Å². The smallest absolute Gasteiger partial charge is 0.276 e. The largest absolute Gasteiger partial charge is 0.355 e. The zero-order valence-corrected chi connectivity index (χ0v) is 17.5. The second kappa shape index (κ2) is 8.36. The number of amides is 2. The van der Waals surface area contributed by atoms with Crippen LogP contribution in [0, 0.1) is 5.92 Å². The fourth-order valence-electron chi connectivity index (χ4n) is 3.32. The number of aromatic nitrogens is 1. The van der Waals surface area contributed by atoms with Crippen molar-refractivity contribution in [1.29, 1.82) is 0 Å². The summed E-state index contributed by atoms with van der Waals surface area (Å²) < 4.78 is 28.4. The molecule has 1 aromatic carbocycles. The number of benzene rings is 1. The van der Waals surface area contributed by atoms with E-state index in [0.717, 1.165) is 19.1 Å². The van der Waals surface area contributed by atoms with E-state index in [0.29, 0.717) is 24.4 Å². The number of carbonyl (C=O) groups excluding carboxylic acids is 2. The van der Waals surface area contributed by atoms with Gasteiger partial charge < -0.3 is 14.7 Å². The lowest BCUT2D eigenvalue weighted by Gasteiger charge is -2.31. The minimum absolute atomic E-state index is 0.0377. The van der Waals surface area contributed by atoms with Crippen LogP contribution in [0.25, 0.3) is 11.3 Å². The van der Waals surface area contributed by atoms with Crippen LogP contribution in [0.3, 0.4) is 0 Å². The molecule has 0 spiro atoms. The van der Waals surface area contributed by atoms with E-state index >= 15 is 0 Å². The molecule has 156 valence electrons. The summed E-state index contributed by atoms with van der Waals surface area (Å²) in [4.78, 5) is 26.9. The Balaban J connectivity index is 1.71. The third-order valence-corrected chi connectivity index (χ3v) is 5.94. The van der Waals surface area contributed by atoms with Gasteiger partial charge in [0.25, 0.3) is 5.91 Å². The number of likely N-dealkylation sites (tertiary alicyclic amines) is 1. The Morgan fingerprint density at radius 1 is 1.24 bits per heavy atom. The van der Waals surface area contributed by atoms with Crippen LogP contribution in [0.1, 0.15) is 37.2 Å². The topological polar surface area (TPSA) is 110 Å². The minimum atomic E-state index is -3.28. The van der Waals surface area contributed by atoms with Gasteiger partial charge >= 0.3 is 0 Å². The lowest BCUT2D eigenvalue weighted by Crippen LogP contribution is -2.46. The molecule has 8 nitrogen and oxygen atoms in total. The first-order valence-corrected chi connectivity index (χ1v) is 11.4. The summed E-state index contributed by atoms with van der Waals surface area (Å²) in [5.41, 5.74) is 0.786. The first-order chi connectivity index (χ1) is 13.6. The lowest BCUT2D eigenvalue weighted by molar-refractivity contribution is -0.126. The molecule has 0 bridgehead atoms. The Morgan fingerprint density at radius 3 is 2.55 bits per heavy atom. The molecule has 1 aliphatic heterocycles. The second-order valence-corrected chi connectivity index (χ2v) is 9.64. The maximum Gasteiger partial charge on any atom is 0.276 e. The Hall–Kier alpha value is -2.68. The molecule has 9 heteroatoms. The molecule has 2 aromatic rings. The minimum Gasteiger partial charge on any atom is -0.355 e. The van der Waals surface area contributed by atoms with Crippen LogP contribution in [-0.4, -0.2) is 55.7 Å². The Morgan fingerprint density at radius 2 is 1.93 bits per heavy atom. The Bertz CT molecular complexity index is 995. The van der Waals surface area contributed by atoms with Gasteiger partial charge in [0.2, 0.25) is 5.91 Å². The molecule has 1 aliphatic rings. The van der Waals surface area contributed by atoms with E-state index in [2.05, 4.69) is 10.5 Å². The predicted molar refractivity (Wildman–Crippen MR) is 107 cm³/mol. The van der Waals surface area contributed by atoms with Gasteiger partial charge in [0, 0.05) is 37.0 Å². The fourth-order valence-corrected chi connectivity index (χ4v) is 3.95. The quantitative estimate of drug-likeness (QED) is 0.795. The number of piperidine rings is 1. The van der Waals surface area contributed by atoms with Gasteiger partial charge in [0.1, 0.15) is 0 Å². The van der Waals surface area contributed by atoms with Gasteiger partial charge in [-0.25, -0.2) is 8.42 Å². The molecule has 1 unspecified atom stereocenters. The molecule has 29 heavy (non-hydrogen) atoms. The van der Waals surface area contributed by atoms with Crippen molar-refractivity contribution in [2.75, 3.05) is 19.3 Å². The summed E-state index contributed by atoms with van der Waals surface area (Å²) in [5.74, 6) is -0.177. The van der Waals surface area contributed by atoms with Crippen LogP contribution in [0.4, 0.5) is 0 Å². The van der Waals surface area contributed by atoms with E-state index in [1.807, 2.05) is 13.8 Å². The predicted octanol–water partition coefficient (Wildman–Crippen LogP) is 2.12. The van der Waals surface area contributed by atoms with Crippen molar-refractivity contribution in [2.45, 2.75) is 37.6 Å². The van der Waals surface area contributed by atoms with Crippen LogP contribution in [0.15, 0.2) is 39.8 Å². The van der Waals surface area contributed by atoms with Crippen molar-refractivity contribution >= 4 is 21.7 Å². The van der Waals surface area contributed by atoms with E-state index in [1.165, 1.54) is 18.2 Å². The van der Waals surface area contributed by atoms with Crippen LogP contribution in [0.5, 0.6) is 0 Å². The van der Waals surface area contributed by atoms with Gasteiger partial charge in [-0.3, -0.25) is 9.59 Å². The monoisotopic (exact) mass is 419 g/mol. The van der Waals surface area contributed by atoms with Crippen molar-refractivity contribution in [3.63, 3.8) is 0 Å².